The molecule has 1 atom stereocenters. The molecule has 0 radical (unpaired) electrons. The van der Waals surface area contributed by atoms with Gasteiger partial charge in [0.15, 0.2) is 5.82 Å². The maximum Gasteiger partial charge on any atom is 0.160 e. The summed E-state index contributed by atoms with van der Waals surface area (Å²) in [5.74, 6) is 0.704. The number of fused-ring (bicyclic) bond motifs is 9. The largest absolute Gasteiger partial charge is 0.228 e. The molecule has 9 aromatic rings. The van der Waals surface area contributed by atoms with Crippen LogP contribution in [0.5, 0.6) is 0 Å². The second-order valence-corrected chi connectivity index (χ2v) is 15.9. The quantitative estimate of drug-likeness (QED) is 0.175. The zero-order chi connectivity index (χ0) is 38.6. The van der Waals surface area contributed by atoms with Gasteiger partial charge < -0.3 is 0 Å². The Bertz CT molecular complexity index is 3020. The summed E-state index contributed by atoms with van der Waals surface area (Å²) in [7, 11) is 0. The molecule has 8 aromatic carbocycles. The van der Waals surface area contributed by atoms with Crippen LogP contribution in [0.1, 0.15) is 27.8 Å². The topological polar surface area (TPSA) is 49.6 Å². The fourth-order valence-electron chi connectivity index (χ4n) is 8.90. The average Bonchev–Trinajstić information content (AvgIpc) is 3.59. The van der Waals surface area contributed by atoms with Crippen LogP contribution < -0.4 is 0 Å². The van der Waals surface area contributed by atoms with Gasteiger partial charge in [-0.25, -0.2) is 9.97 Å². The number of nitriles is 1. The minimum atomic E-state index is -0.560. The van der Waals surface area contributed by atoms with E-state index >= 15 is 0 Å². The smallest absolute Gasteiger partial charge is 0.160 e. The zero-order valence-electron chi connectivity index (χ0n) is 31.3. The summed E-state index contributed by atoms with van der Waals surface area (Å²) in [6, 6.07) is 73.4. The molecule has 0 amide bonds. The number of aromatic nitrogens is 2. The van der Waals surface area contributed by atoms with Gasteiger partial charge in [-0.1, -0.05) is 169 Å². The lowest BCUT2D eigenvalue weighted by molar-refractivity contribution is 0.723. The first-order valence-electron chi connectivity index (χ1n) is 19.4. The summed E-state index contributed by atoms with van der Waals surface area (Å²) in [5.41, 5.74) is 17.1. The number of hydrogen-bond acceptors (Lipinski definition) is 4. The summed E-state index contributed by atoms with van der Waals surface area (Å²) in [5, 5.41) is 9.29. The second kappa shape index (κ2) is 13.7. The molecule has 0 saturated heterocycles. The number of nitrogens with zero attached hydrogens (tertiary/aromatic N) is 3. The predicted octanol–water partition coefficient (Wildman–Crippen LogP) is 13.5. The third-order valence-electron chi connectivity index (χ3n) is 11.6. The Hall–Kier alpha value is -7.32. The molecule has 0 fully saturated rings. The molecule has 1 spiro atoms. The van der Waals surface area contributed by atoms with Crippen molar-refractivity contribution in [1.29, 1.82) is 5.26 Å². The van der Waals surface area contributed by atoms with Crippen molar-refractivity contribution in [2.75, 3.05) is 0 Å². The van der Waals surface area contributed by atoms with Gasteiger partial charge in [-0.05, 0) is 98.1 Å². The van der Waals surface area contributed by atoms with Gasteiger partial charge in [0, 0.05) is 26.5 Å². The number of benzene rings is 8. The summed E-state index contributed by atoms with van der Waals surface area (Å²) in [6.07, 6.45) is 0. The zero-order valence-corrected chi connectivity index (χ0v) is 32.1. The van der Waals surface area contributed by atoms with Crippen LogP contribution in [-0.4, -0.2) is 9.97 Å². The lowest BCUT2D eigenvalue weighted by Crippen LogP contribution is -2.32. The Kier molecular flexibility index (Phi) is 8.03. The Labute approximate surface area is 342 Å². The maximum absolute atomic E-state index is 9.29. The van der Waals surface area contributed by atoms with Crippen LogP contribution >= 0.6 is 11.8 Å². The first-order chi connectivity index (χ1) is 28.7. The van der Waals surface area contributed by atoms with Gasteiger partial charge in [0.25, 0.3) is 0 Å². The Morgan fingerprint density at radius 1 is 0.379 bits per heavy atom. The third-order valence-corrected chi connectivity index (χ3v) is 12.8. The summed E-state index contributed by atoms with van der Waals surface area (Å²) >= 11 is 1.85. The standard InChI is InChI=1S/C54H33N3S/c55-34-35-19-21-36(22-20-35)37-23-25-38(26-24-37)41-27-29-44-43-15-7-8-16-45(43)54(47(44)31-41)46-17-9-10-18-51(46)58-52-30-28-42(32-48(52)54)50-33-49(39-11-3-1-4-12-39)56-53(57-50)40-13-5-2-6-14-40/h1-33H. The van der Waals surface area contributed by atoms with Crippen molar-refractivity contribution in [2.24, 2.45) is 0 Å². The van der Waals surface area contributed by atoms with E-state index in [0.717, 1.165) is 44.8 Å². The molecule has 270 valence electrons. The second-order valence-electron chi connectivity index (χ2n) is 14.8. The number of rotatable bonds is 5. The normalized spacial score (nSPS) is 14.5. The van der Waals surface area contributed by atoms with E-state index in [2.05, 4.69) is 158 Å². The Morgan fingerprint density at radius 2 is 0.897 bits per heavy atom. The van der Waals surface area contributed by atoms with E-state index in [1.165, 1.54) is 48.7 Å². The van der Waals surface area contributed by atoms with Gasteiger partial charge in [-0.15, -0.1) is 0 Å². The average molecular weight is 756 g/mol. The summed E-state index contributed by atoms with van der Waals surface area (Å²) in [4.78, 5) is 12.8. The van der Waals surface area contributed by atoms with Crippen molar-refractivity contribution in [3.8, 4) is 73.4 Å². The highest BCUT2D eigenvalue weighted by molar-refractivity contribution is 7.99. The van der Waals surface area contributed by atoms with Crippen LogP contribution in [0.3, 0.4) is 0 Å². The molecule has 2 aliphatic rings. The maximum atomic E-state index is 9.29. The fourth-order valence-corrected chi connectivity index (χ4v) is 10.1. The van der Waals surface area contributed by atoms with E-state index in [-0.39, 0.29) is 0 Å². The molecule has 4 heteroatoms. The predicted molar refractivity (Wildman–Crippen MR) is 235 cm³/mol. The molecule has 1 aliphatic carbocycles. The van der Waals surface area contributed by atoms with Gasteiger partial charge in [-0.2, -0.15) is 5.26 Å². The number of hydrogen-bond donors (Lipinski definition) is 0. The van der Waals surface area contributed by atoms with E-state index in [0.29, 0.717) is 11.4 Å². The van der Waals surface area contributed by atoms with Gasteiger partial charge in [0.1, 0.15) is 0 Å². The molecule has 1 unspecified atom stereocenters. The lowest BCUT2D eigenvalue weighted by Gasteiger charge is -2.40. The molecule has 1 aliphatic heterocycles. The lowest BCUT2D eigenvalue weighted by atomic mass is 9.66. The van der Waals surface area contributed by atoms with Crippen LogP contribution in [0.25, 0.3) is 67.3 Å². The highest BCUT2D eigenvalue weighted by Crippen LogP contribution is 2.62. The Balaban J connectivity index is 1.11. The van der Waals surface area contributed by atoms with Crippen molar-refractivity contribution in [1.82, 2.24) is 9.97 Å². The van der Waals surface area contributed by atoms with Crippen molar-refractivity contribution >= 4 is 11.8 Å². The molecule has 0 saturated carbocycles. The molecule has 2 heterocycles. The molecule has 11 rings (SSSR count). The minimum Gasteiger partial charge on any atom is -0.228 e. The molecule has 0 bridgehead atoms. The van der Waals surface area contributed by atoms with Gasteiger partial charge >= 0.3 is 0 Å². The van der Waals surface area contributed by atoms with Crippen molar-refractivity contribution in [2.45, 2.75) is 15.2 Å². The van der Waals surface area contributed by atoms with E-state index in [4.69, 9.17) is 9.97 Å². The van der Waals surface area contributed by atoms with Crippen LogP contribution in [0.15, 0.2) is 210 Å². The van der Waals surface area contributed by atoms with E-state index in [1.807, 2.05) is 60.3 Å². The highest BCUT2D eigenvalue weighted by Gasteiger charge is 2.50. The van der Waals surface area contributed by atoms with Crippen LogP contribution in [0.4, 0.5) is 0 Å². The third kappa shape index (κ3) is 5.44. The molecule has 3 nitrogen and oxygen atoms in total. The minimum absolute atomic E-state index is 0.560. The fraction of sp³-hybridized carbons (Fsp3) is 0.0185. The summed E-state index contributed by atoms with van der Waals surface area (Å²) < 4.78 is 0. The van der Waals surface area contributed by atoms with Crippen LogP contribution in [-0.2, 0) is 5.41 Å². The van der Waals surface area contributed by atoms with Crippen LogP contribution in [0.2, 0.25) is 0 Å². The highest BCUT2D eigenvalue weighted by atomic mass is 32.2. The van der Waals surface area contributed by atoms with E-state index < -0.39 is 5.41 Å². The molecule has 0 N–H and O–H groups in total. The van der Waals surface area contributed by atoms with Crippen molar-refractivity contribution in [3.05, 3.63) is 228 Å². The van der Waals surface area contributed by atoms with Crippen molar-refractivity contribution < 1.29 is 0 Å². The van der Waals surface area contributed by atoms with Crippen LogP contribution in [0, 0.1) is 11.3 Å². The molecular formula is C54H33N3S. The first-order valence-corrected chi connectivity index (χ1v) is 20.3. The van der Waals surface area contributed by atoms with Gasteiger partial charge in [0.05, 0.1) is 28.4 Å². The molecule has 1 aromatic heterocycles. The van der Waals surface area contributed by atoms with E-state index in [9.17, 15) is 5.26 Å². The van der Waals surface area contributed by atoms with Gasteiger partial charge in [0.2, 0.25) is 0 Å². The monoisotopic (exact) mass is 755 g/mol. The SMILES string of the molecule is N#Cc1ccc(-c2ccc(-c3ccc4c(c3)C3(c5ccccc5Sc5ccc(-c6cc(-c7ccccc7)nc(-c7ccccc7)n6)cc53)c3ccccc3-4)cc2)cc1. The van der Waals surface area contributed by atoms with E-state index in [1.54, 1.807) is 0 Å². The first kappa shape index (κ1) is 34.0. The molecule has 58 heavy (non-hydrogen) atoms. The Morgan fingerprint density at radius 3 is 1.62 bits per heavy atom. The van der Waals surface area contributed by atoms with Gasteiger partial charge in [-0.3, -0.25) is 0 Å². The summed E-state index contributed by atoms with van der Waals surface area (Å²) in [6.45, 7) is 0. The molecular weight excluding hydrogens is 723 g/mol. The van der Waals surface area contributed by atoms with Crippen molar-refractivity contribution in [3.63, 3.8) is 0 Å².